The number of carboxylic acids is 1. The zero-order valence-electron chi connectivity index (χ0n) is 43.8. The first-order valence-electron chi connectivity index (χ1n) is 24.9. The van der Waals surface area contributed by atoms with Crippen molar-refractivity contribution in [2.45, 2.75) is 80.1 Å². The number of nitriles is 1. The number of anilines is 3. The summed E-state index contributed by atoms with van der Waals surface area (Å²) in [5.41, 5.74) is 14.4. The average Bonchev–Trinajstić information content (AvgIpc) is 4.18. The second-order valence-electron chi connectivity index (χ2n) is 18.5. The van der Waals surface area contributed by atoms with Crippen molar-refractivity contribution in [3.05, 3.63) is 189 Å². The van der Waals surface area contributed by atoms with E-state index in [2.05, 4.69) is 183 Å². The van der Waals surface area contributed by atoms with Crippen molar-refractivity contribution in [3.63, 3.8) is 0 Å². The van der Waals surface area contributed by atoms with Gasteiger partial charge in [0, 0.05) is 42.5 Å². The minimum absolute atomic E-state index is 0. The zero-order chi connectivity index (χ0) is 52.2. The minimum atomic E-state index is -1.23. The fourth-order valence-corrected chi connectivity index (χ4v) is 14.1. The van der Waals surface area contributed by atoms with Crippen LogP contribution in [0.5, 0.6) is 0 Å². The molecule has 9 heteroatoms. The van der Waals surface area contributed by atoms with E-state index in [4.69, 9.17) is 23.2 Å². The topological polar surface area (TPSA) is 64.3 Å². The van der Waals surface area contributed by atoms with E-state index in [0.29, 0.717) is 20.7 Å². The molecule has 2 aliphatic rings. The summed E-state index contributed by atoms with van der Waals surface area (Å²) < 4.78 is 0. The maximum absolute atomic E-state index is 10.7. The Labute approximate surface area is 461 Å². The van der Waals surface area contributed by atoms with Gasteiger partial charge in [-0.25, -0.2) is 16.1 Å². The third-order valence-corrected chi connectivity index (χ3v) is 21.4. The van der Waals surface area contributed by atoms with Crippen LogP contribution in [-0.2, 0) is 36.7 Å². The molecular formula is C64H66N2O2P2PtS2. The monoisotopic (exact) mass is 1220 g/mol. The molecule has 0 spiro atoms. The van der Waals surface area contributed by atoms with E-state index in [1.54, 1.807) is 18.2 Å². The van der Waals surface area contributed by atoms with Crippen LogP contribution in [0.2, 0.25) is 0 Å². The number of carboxylic acid groups (broad SMARTS) is 1. The maximum Gasteiger partial charge on any atom is 2.00 e. The number of aliphatic carboxylic acids is 1. The first-order chi connectivity index (χ1) is 34.6. The molecule has 73 heavy (non-hydrogen) atoms. The van der Waals surface area contributed by atoms with Crippen molar-refractivity contribution in [2.75, 3.05) is 41.9 Å². The number of rotatable bonds is 12. The van der Waals surface area contributed by atoms with E-state index in [0.717, 1.165) is 37.3 Å². The Hall–Kier alpha value is -5.33. The third kappa shape index (κ3) is 13.3. The molecule has 0 saturated heterocycles. The van der Waals surface area contributed by atoms with Crippen LogP contribution in [0.1, 0.15) is 107 Å². The number of hydrogen-bond donors (Lipinski definition) is 1. The van der Waals surface area contributed by atoms with Gasteiger partial charge in [-0.1, -0.05) is 153 Å². The first kappa shape index (κ1) is 58.6. The SMILES string of the molecule is CCP(CC)CC.CCP(CC)CC.[C-]#Cc1ccc(-c2ccc(/C=C(\C#N)C(=O)O)s2)s1.[C-]#Cc1ccc(N(c2ccc3c(c2)C(C)(C)c2ccccc2-3)c2ccc3c(c2)C(C)(C)c2ccccc2-3)cc1.[Pt+2]. The standard InChI is InChI=1S/C38H30N.C14H6NO2S2.2C6H15P.Pt/c1-6-25-15-17-26(18-16-25)39(27-19-21-31-29-11-7-9-13-33(29)37(2,3)35(31)23-27)28-20-22-32-30-12-8-10-14-34(30)38(4,5)36(32)24-28;1-2-10-3-5-12(18-10)13-6-4-11(19-13)7-9(8-15)14(16)17;2*1-4-7(5-2)6-3;/h7-24H,2-5H3;3-7H,(H,16,17);2*4-6H2,1-3H3;/q2*-1;;;+2/b;9-7+;;;. The Bertz CT molecular complexity index is 3020. The van der Waals surface area contributed by atoms with Gasteiger partial charge in [0.05, 0.1) is 0 Å². The molecule has 0 bridgehead atoms. The van der Waals surface area contributed by atoms with Gasteiger partial charge in [-0.3, -0.25) is 11.8 Å². The molecule has 5 aromatic carbocycles. The second-order valence-corrected chi connectivity index (χ2v) is 27.2. The van der Waals surface area contributed by atoms with Crippen LogP contribution in [0.25, 0.3) is 38.1 Å². The van der Waals surface area contributed by atoms with Gasteiger partial charge in [-0.2, -0.15) is 5.26 Å². The molecule has 0 aliphatic heterocycles. The summed E-state index contributed by atoms with van der Waals surface area (Å²) in [6.07, 6.45) is 24.5. The van der Waals surface area contributed by atoms with Gasteiger partial charge in [0.15, 0.2) is 0 Å². The average molecular weight is 1220 g/mol. The minimum Gasteiger partial charge on any atom is -0.477 e. The molecule has 0 radical (unpaired) electrons. The van der Waals surface area contributed by atoms with Crippen molar-refractivity contribution < 1.29 is 31.0 Å². The Morgan fingerprint density at radius 2 is 1.00 bits per heavy atom. The molecule has 376 valence electrons. The number of hydrogen-bond acceptors (Lipinski definition) is 5. The second kappa shape index (κ2) is 26.8. The smallest absolute Gasteiger partial charge is 0.477 e. The van der Waals surface area contributed by atoms with E-state index < -0.39 is 5.97 Å². The summed E-state index contributed by atoms with van der Waals surface area (Å²) >= 11 is 2.84. The van der Waals surface area contributed by atoms with Crippen LogP contribution in [-0.4, -0.2) is 48.0 Å². The Morgan fingerprint density at radius 3 is 1.40 bits per heavy atom. The van der Waals surface area contributed by atoms with E-state index in [-0.39, 0.29) is 37.5 Å². The first-order valence-corrected chi connectivity index (χ1v) is 30.3. The largest absolute Gasteiger partial charge is 2.00 e. The van der Waals surface area contributed by atoms with Crippen LogP contribution in [0.4, 0.5) is 17.1 Å². The summed E-state index contributed by atoms with van der Waals surface area (Å²) in [6, 6.07) is 48.5. The van der Waals surface area contributed by atoms with Crippen molar-refractivity contribution in [1.82, 2.24) is 0 Å². The van der Waals surface area contributed by atoms with E-state index in [1.165, 1.54) is 110 Å². The van der Waals surface area contributed by atoms with Crippen LogP contribution < -0.4 is 4.90 Å². The Balaban J connectivity index is 0.000000241. The molecule has 2 aromatic heterocycles. The molecular weight excluding hydrogens is 1150 g/mol. The zero-order valence-corrected chi connectivity index (χ0v) is 49.5. The van der Waals surface area contributed by atoms with Gasteiger partial charge in [0.2, 0.25) is 0 Å². The van der Waals surface area contributed by atoms with Gasteiger partial charge < -0.3 is 22.9 Å². The predicted octanol–water partition coefficient (Wildman–Crippen LogP) is 18.2. The number of thiophene rings is 2. The summed E-state index contributed by atoms with van der Waals surface area (Å²) in [7, 11) is 0.892. The molecule has 2 aliphatic carbocycles. The van der Waals surface area contributed by atoms with E-state index >= 15 is 0 Å². The summed E-state index contributed by atoms with van der Waals surface area (Å²) in [5, 5.41) is 17.5. The van der Waals surface area contributed by atoms with Gasteiger partial charge in [-0.15, -0.1) is 50.9 Å². The number of benzene rings is 5. The van der Waals surface area contributed by atoms with Crippen molar-refractivity contribution in [3.8, 4) is 49.9 Å². The van der Waals surface area contributed by atoms with E-state index in [1.807, 2.05) is 24.3 Å². The number of carbonyl (C=O) groups is 1. The molecule has 7 aromatic rings. The fraction of sp³-hybridized carbons (Fsp3) is 0.281. The quantitative estimate of drug-likeness (QED) is 0.0435. The number of fused-ring (bicyclic) bond motifs is 6. The molecule has 2 heterocycles. The van der Waals surface area contributed by atoms with E-state index in [9.17, 15) is 4.79 Å². The van der Waals surface area contributed by atoms with Crippen LogP contribution >= 0.6 is 38.5 Å². The third-order valence-electron chi connectivity index (χ3n) is 13.8. The van der Waals surface area contributed by atoms with Crippen molar-refractivity contribution in [1.29, 1.82) is 5.26 Å². The van der Waals surface area contributed by atoms with Gasteiger partial charge >= 0.3 is 27.0 Å². The van der Waals surface area contributed by atoms with Crippen LogP contribution in [0.15, 0.2) is 139 Å². The Kier molecular flexibility index (Phi) is 21.5. The predicted molar refractivity (Wildman–Crippen MR) is 315 cm³/mol. The van der Waals surface area contributed by atoms with Gasteiger partial charge in [0.25, 0.3) is 0 Å². The summed E-state index contributed by atoms with van der Waals surface area (Å²) in [4.78, 5) is 16.5. The maximum atomic E-state index is 10.7. The molecule has 0 unspecified atom stereocenters. The van der Waals surface area contributed by atoms with Gasteiger partial charge in [0.1, 0.15) is 11.6 Å². The normalized spacial score (nSPS) is 12.8. The van der Waals surface area contributed by atoms with Gasteiger partial charge in [-0.05, 0) is 124 Å². The van der Waals surface area contributed by atoms with Crippen molar-refractivity contribution in [2.24, 2.45) is 0 Å². The molecule has 4 nitrogen and oxygen atoms in total. The molecule has 0 atom stereocenters. The fourth-order valence-electron chi connectivity index (χ4n) is 9.53. The van der Waals surface area contributed by atoms with Crippen LogP contribution in [0, 0.1) is 36.0 Å². The Morgan fingerprint density at radius 1 is 0.575 bits per heavy atom. The summed E-state index contributed by atoms with van der Waals surface area (Å²) in [6.45, 7) is 23.1. The molecule has 0 amide bonds. The molecule has 0 fully saturated rings. The number of nitrogens with zero attached hydrogens (tertiary/aromatic N) is 2. The van der Waals surface area contributed by atoms with Crippen molar-refractivity contribution >= 4 is 67.6 Å². The summed E-state index contributed by atoms with van der Waals surface area (Å²) in [5.74, 6) is 3.61. The molecule has 1 N–H and O–H groups in total. The van der Waals surface area contributed by atoms with Crippen LogP contribution in [0.3, 0.4) is 0 Å². The molecule has 0 saturated carbocycles. The molecule has 9 rings (SSSR count).